The minimum atomic E-state index is 0.589. The average molecular weight is 681 g/mol. The Labute approximate surface area is 306 Å². The molecule has 10 aromatic rings. The van der Waals surface area contributed by atoms with Crippen LogP contribution in [0.1, 0.15) is 0 Å². The molecule has 0 spiro atoms. The van der Waals surface area contributed by atoms with Crippen molar-refractivity contribution in [3.05, 3.63) is 194 Å². The normalized spacial score (nSPS) is 11.4. The molecule has 10 rings (SSSR count). The van der Waals surface area contributed by atoms with Gasteiger partial charge < -0.3 is 13.7 Å². The molecule has 4 nitrogen and oxygen atoms in total. The largest absolute Gasteiger partial charge is 0.455 e. The summed E-state index contributed by atoms with van der Waals surface area (Å²) < 4.78 is 13.1. The van der Waals surface area contributed by atoms with Gasteiger partial charge in [-0.1, -0.05) is 140 Å². The molecule has 0 atom stereocenters. The molecule has 53 heavy (non-hydrogen) atoms. The monoisotopic (exact) mass is 680 g/mol. The van der Waals surface area contributed by atoms with Crippen LogP contribution in [-0.4, -0.2) is 4.98 Å². The molecule has 0 saturated heterocycles. The number of fused-ring (bicyclic) bond motifs is 5. The van der Waals surface area contributed by atoms with Crippen LogP contribution in [0.2, 0.25) is 0 Å². The molecule has 0 amide bonds. The van der Waals surface area contributed by atoms with Crippen molar-refractivity contribution in [3.8, 4) is 44.8 Å². The van der Waals surface area contributed by atoms with Gasteiger partial charge in [0.15, 0.2) is 5.58 Å². The molecule has 250 valence electrons. The van der Waals surface area contributed by atoms with Gasteiger partial charge in [0.25, 0.3) is 0 Å². The van der Waals surface area contributed by atoms with Gasteiger partial charge in [0.1, 0.15) is 16.7 Å². The first-order chi connectivity index (χ1) is 26.3. The summed E-state index contributed by atoms with van der Waals surface area (Å²) in [5, 5.41) is 1.97. The van der Waals surface area contributed by atoms with Gasteiger partial charge in [0, 0.05) is 33.5 Å². The highest BCUT2D eigenvalue weighted by molar-refractivity contribution is 6.20. The van der Waals surface area contributed by atoms with Crippen molar-refractivity contribution in [3.63, 3.8) is 0 Å². The molecule has 0 N–H and O–H groups in total. The third-order valence-corrected chi connectivity index (χ3v) is 9.93. The highest BCUT2D eigenvalue weighted by atomic mass is 16.4. The zero-order chi connectivity index (χ0) is 35.1. The summed E-state index contributed by atoms with van der Waals surface area (Å²) in [6, 6.07) is 67.5. The lowest BCUT2D eigenvalue weighted by atomic mass is 9.99. The first-order valence-corrected chi connectivity index (χ1v) is 17.8. The predicted octanol–water partition coefficient (Wildman–Crippen LogP) is 13.9. The number of furan rings is 1. The maximum Gasteiger partial charge on any atom is 0.227 e. The van der Waals surface area contributed by atoms with Crippen LogP contribution in [0.4, 0.5) is 17.1 Å². The molecule has 2 aromatic heterocycles. The summed E-state index contributed by atoms with van der Waals surface area (Å²) in [5.74, 6) is 0.589. The van der Waals surface area contributed by atoms with Crippen LogP contribution in [0.3, 0.4) is 0 Å². The maximum absolute atomic E-state index is 6.60. The van der Waals surface area contributed by atoms with E-state index in [0.717, 1.165) is 77.9 Å². The smallest absolute Gasteiger partial charge is 0.227 e. The van der Waals surface area contributed by atoms with Crippen molar-refractivity contribution >= 4 is 50.1 Å². The molecule has 0 radical (unpaired) electrons. The van der Waals surface area contributed by atoms with Crippen LogP contribution in [0.25, 0.3) is 77.9 Å². The number of aromatic nitrogens is 1. The number of rotatable bonds is 7. The van der Waals surface area contributed by atoms with Gasteiger partial charge >= 0.3 is 0 Å². The van der Waals surface area contributed by atoms with Crippen LogP contribution in [0.15, 0.2) is 203 Å². The van der Waals surface area contributed by atoms with Crippen LogP contribution >= 0.6 is 0 Å². The molecule has 0 bridgehead atoms. The van der Waals surface area contributed by atoms with E-state index in [1.165, 1.54) is 11.1 Å². The van der Waals surface area contributed by atoms with Crippen LogP contribution < -0.4 is 4.90 Å². The second-order valence-electron chi connectivity index (χ2n) is 13.1. The third-order valence-electron chi connectivity index (χ3n) is 9.93. The molecule has 0 fully saturated rings. The first-order valence-electron chi connectivity index (χ1n) is 17.8. The summed E-state index contributed by atoms with van der Waals surface area (Å²) in [5.41, 5.74) is 13.9. The first kappa shape index (κ1) is 30.6. The lowest BCUT2D eigenvalue weighted by Gasteiger charge is -2.28. The minimum absolute atomic E-state index is 0.589. The van der Waals surface area contributed by atoms with Gasteiger partial charge in [-0.3, -0.25) is 0 Å². The molecule has 0 unspecified atom stereocenters. The highest BCUT2D eigenvalue weighted by Gasteiger charge is 2.22. The second-order valence-corrected chi connectivity index (χ2v) is 13.1. The van der Waals surface area contributed by atoms with Crippen molar-refractivity contribution < 1.29 is 8.83 Å². The van der Waals surface area contributed by atoms with Gasteiger partial charge in [-0.05, 0) is 76.9 Å². The number of oxazole rings is 1. The topological polar surface area (TPSA) is 42.4 Å². The maximum atomic E-state index is 6.60. The number of hydrogen-bond donors (Lipinski definition) is 0. The number of para-hydroxylation sites is 2. The molecule has 0 aliphatic rings. The Balaban J connectivity index is 1.12. The number of nitrogens with zero attached hydrogens (tertiary/aromatic N) is 2. The Morgan fingerprint density at radius 3 is 1.62 bits per heavy atom. The average Bonchev–Trinajstić information content (AvgIpc) is 3.85. The lowest BCUT2D eigenvalue weighted by molar-refractivity contribution is 0.619. The Bertz CT molecular complexity index is 2860. The molecular weight excluding hydrogens is 649 g/mol. The standard InChI is InChI=1S/C49H32N2O2/c1-4-14-33(15-5-1)34-24-28-38(29-25-34)51(43-22-12-10-20-40(43)35-16-6-2-7-17-35)39-30-26-36(27-31-39)42-32-45-47(50-49(53-45)37-18-8-3-9-19-37)46-41-21-11-13-23-44(41)52-48(42)46/h1-32H. The fourth-order valence-electron chi connectivity index (χ4n) is 7.38. The van der Waals surface area contributed by atoms with Crippen LogP contribution in [0.5, 0.6) is 0 Å². The Morgan fingerprint density at radius 1 is 0.396 bits per heavy atom. The van der Waals surface area contributed by atoms with E-state index in [2.05, 4.69) is 150 Å². The van der Waals surface area contributed by atoms with Crippen molar-refractivity contribution in [2.75, 3.05) is 4.90 Å². The summed E-state index contributed by atoms with van der Waals surface area (Å²) in [6.07, 6.45) is 0. The molecule has 4 heteroatoms. The van der Waals surface area contributed by atoms with E-state index >= 15 is 0 Å². The zero-order valence-corrected chi connectivity index (χ0v) is 28.7. The summed E-state index contributed by atoms with van der Waals surface area (Å²) in [7, 11) is 0. The van der Waals surface area contributed by atoms with Crippen molar-refractivity contribution in [1.29, 1.82) is 0 Å². The highest BCUT2D eigenvalue weighted by Crippen LogP contribution is 2.44. The van der Waals surface area contributed by atoms with Crippen molar-refractivity contribution in [2.45, 2.75) is 0 Å². The fraction of sp³-hybridized carbons (Fsp3) is 0. The number of hydrogen-bond acceptors (Lipinski definition) is 4. The SMILES string of the molecule is c1ccc(-c2ccc(N(c3ccc(-c4cc5oc(-c6ccccc6)nc5c5c4oc4ccccc45)cc3)c3ccccc3-c3ccccc3)cc2)cc1. The lowest BCUT2D eigenvalue weighted by Crippen LogP contribution is -2.11. The Hall–Kier alpha value is -7.17. The van der Waals surface area contributed by atoms with Gasteiger partial charge in [0.2, 0.25) is 5.89 Å². The van der Waals surface area contributed by atoms with E-state index in [0.29, 0.717) is 5.89 Å². The van der Waals surface area contributed by atoms with Crippen LogP contribution in [-0.2, 0) is 0 Å². The van der Waals surface area contributed by atoms with Gasteiger partial charge in [-0.15, -0.1) is 0 Å². The summed E-state index contributed by atoms with van der Waals surface area (Å²) in [6.45, 7) is 0. The van der Waals surface area contributed by atoms with Crippen LogP contribution in [0, 0.1) is 0 Å². The Kier molecular flexibility index (Phi) is 7.43. The second kappa shape index (κ2) is 12.9. The zero-order valence-electron chi connectivity index (χ0n) is 28.7. The molecule has 0 aliphatic carbocycles. The number of anilines is 3. The summed E-state index contributed by atoms with van der Waals surface area (Å²) >= 11 is 0. The summed E-state index contributed by atoms with van der Waals surface area (Å²) in [4.78, 5) is 7.33. The van der Waals surface area contributed by atoms with Gasteiger partial charge in [0.05, 0.1) is 11.1 Å². The van der Waals surface area contributed by atoms with E-state index in [4.69, 9.17) is 13.8 Å². The molecule has 8 aromatic carbocycles. The molecule has 0 saturated carbocycles. The van der Waals surface area contributed by atoms with E-state index in [9.17, 15) is 0 Å². The molecule has 0 aliphatic heterocycles. The quantitative estimate of drug-likeness (QED) is 0.168. The van der Waals surface area contributed by atoms with Crippen molar-refractivity contribution in [1.82, 2.24) is 4.98 Å². The van der Waals surface area contributed by atoms with E-state index in [1.807, 2.05) is 48.5 Å². The fourth-order valence-corrected chi connectivity index (χ4v) is 7.38. The molecule has 2 heterocycles. The van der Waals surface area contributed by atoms with Gasteiger partial charge in [-0.2, -0.15) is 0 Å². The molecular formula is C49H32N2O2. The van der Waals surface area contributed by atoms with Gasteiger partial charge in [-0.25, -0.2) is 4.98 Å². The van der Waals surface area contributed by atoms with Crippen molar-refractivity contribution in [2.24, 2.45) is 0 Å². The third kappa shape index (κ3) is 5.45. The number of benzene rings is 8. The van der Waals surface area contributed by atoms with E-state index in [1.54, 1.807) is 0 Å². The Morgan fingerprint density at radius 2 is 0.925 bits per heavy atom. The minimum Gasteiger partial charge on any atom is -0.455 e. The van der Waals surface area contributed by atoms with E-state index < -0.39 is 0 Å². The predicted molar refractivity (Wildman–Crippen MR) is 218 cm³/mol. The van der Waals surface area contributed by atoms with E-state index in [-0.39, 0.29) is 0 Å².